The average molecular weight is 294 g/mol. The number of piperazine rings is 1. The van der Waals surface area contributed by atoms with Crippen LogP contribution in [0.3, 0.4) is 0 Å². The van der Waals surface area contributed by atoms with Gasteiger partial charge in [0.15, 0.2) is 11.6 Å². The van der Waals surface area contributed by atoms with E-state index in [-0.39, 0.29) is 17.5 Å². The number of benzene rings is 1. The lowest BCUT2D eigenvalue weighted by molar-refractivity contribution is 0.128. The van der Waals surface area contributed by atoms with Gasteiger partial charge in [-0.05, 0) is 46.8 Å². The van der Waals surface area contributed by atoms with Gasteiger partial charge in [0.05, 0.1) is 6.10 Å². The molecule has 0 N–H and O–H groups in total. The fraction of sp³-hybridized carbons (Fsp3) is 0.647. The van der Waals surface area contributed by atoms with Gasteiger partial charge in [-0.15, -0.1) is 0 Å². The van der Waals surface area contributed by atoms with Gasteiger partial charge in [0.1, 0.15) is 0 Å². The first-order valence-electron chi connectivity index (χ1n) is 7.73. The molecule has 0 unspecified atom stereocenters. The van der Waals surface area contributed by atoms with E-state index in [0.29, 0.717) is 5.75 Å². The van der Waals surface area contributed by atoms with E-state index in [9.17, 15) is 4.39 Å². The molecule has 0 amide bonds. The summed E-state index contributed by atoms with van der Waals surface area (Å²) in [5.74, 6) is 0.0570. The maximum absolute atomic E-state index is 13.8. The Morgan fingerprint density at radius 2 is 1.71 bits per heavy atom. The van der Waals surface area contributed by atoms with Crippen molar-refractivity contribution in [3.8, 4) is 5.75 Å². The van der Waals surface area contributed by atoms with Crippen LogP contribution in [0.5, 0.6) is 5.75 Å². The Morgan fingerprint density at radius 3 is 2.24 bits per heavy atom. The second kappa shape index (κ2) is 6.22. The zero-order chi connectivity index (χ0) is 15.6. The smallest absolute Gasteiger partial charge is 0.165 e. The van der Waals surface area contributed by atoms with Gasteiger partial charge in [-0.2, -0.15) is 0 Å². The van der Waals surface area contributed by atoms with E-state index in [4.69, 9.17) is 4.74 Å². The normalized spacial score (nSPS) is 17.4. The first-order chi connectivity index (χ1) is 9.77. The van der Waals surface area contributed by atoms with Crippen LogP contribution in [0.25, 0.3) is 0 Å². The van der Waals surface area contributed by atoms with E-state index in [1.54, 1.807) is 0 Å². The van der Waals surface area contributed by atoms with Crippen LogP contribution in [-0.2, 0) is 0 Å². The van der Waals surface area contributed by atoms with Gasteiger partial charge in [-0.1, -0.05) is 0 Å². The molecule has 3 nitrogen and oxygen atoms in total. The van der Waals surface area contributed by atoms with Gasteiger partial charge in [0.25, 0.3) is 0 Å². The molecule has 0 atom stereocenters. The summed E-state index contributed by atoms with van der Waals surface area (Å²) in [7, 11) is 0. The molecule has 4 heteroatoms. The molecule has 1 aromatic rings. The highest BCUT2D eigenvalue weighted by molar-refractivity contribution is 5.51. The molecule has 1 saturated heterocycles. The Bertz CT molecular complexity index is 474. The summed E-state index contributed by atoms with van der Waals surface area (Å²) in [5.41, 5.74) is 1.25. The zero-order valence-corrected chi connectivity index (χ0v) is 13.8. The van der Waals surface area contributed by atoms with Crippen LogP contribution in [0.1, 0.15) is 34.6 Å². The van der Waals surface area contributed by atoms with Crippen molar-refractivity contribution in [2.24, 2.45) is 0 Å². The summed E-state index contributed by atoms with van der Waals surface area (Å²) >= 11 is 0. The number of rotatable bonds is 3. The molecule has 1 aliphatic heterocycles. The third-order valence-electron chi connectivity index (χ3n) is 3.87. The molecule has 1 fully saturated rings. The number of anilines is 1. The lowest BCUT2D eigenvalue weighted by Crippen LogP contribution is -2.53. The fourth-order valence-corrected chi connectivity index (χ4v) is 2.67. The largest absolute Gasteiger partial charge is 0.488 e. The molecule has 1 aromatic carbocycles. The first kappa shape index (κ1) is 16.1. The van der Waals surface area contributed by atoms with E-state index < -0.39 is 0 Å². The number of halogens is 1. The van der Waals surface area contributed by atoms with Gasteiger partial charge in [-0.25, -0.2) is 4.39 Å². The molecule has 0 aromatic heterocycles. The lowest BCUT2D eigenvalue weighted by atomic mass is 10.0. The topological polar surface area (TPSA) is 15.7 Å². The molecule has 21 heavy (non-hydrogen) atoms. The minimum absolute atomic E-state index is 0.0208. The summed E-state index contributed by atoms with van der Waals surface area (Å²) in [6.07, 6.45) is -0.0208. The maximum Gasteiger partial charge on any atom is 0.165 e. The molecule has 0 saturated carbocycles. The summed E-state index contributed by atoms with van der Waals surface area (Å²) < 4.78 is 19.3. The van der Waals surface area contributed by atoms with Gasteiger partial charge < -0.3 is 9.64 Å². The van der Waals surface area contributed by atoms with Gasteiger partial charge in [-0.3, -0.25) is 4.90 Å². The predicted molar refractivity (Wildman–Crippen MR) is 85.7 cm³/mol. The Hall–Kier alpha value is -1.29. The molecule has 0 spiro atoms. The predicted octanol–water partition coefficient (Wildman–Crippen LogP) is 3.53. The molecular weight excluding hydrogens is 267 g/mol. The van der Waals surface area contributed by atoms with E-state index in [1.807, 2.05) is 26.0 Å². The number of hydrogen-bond donors (Lipinski definition) is 0. The van der Waals surface area contributed by atoms with Gasteiger partial charge >= 0.3 is 0 Å². The molecule has 2 rings (SSSR count). The Kier molecular flexibility index (Phi) is 4.77. The molecule has 0 radical (unpaired) electrons. The molecular formula is C17H27FN2O. The second-order valence-corrected chi connectivity index (χ2v) is 6.93. The van der Waals surface area contributed by atoms with Crippen LogP contribution in [0.2, 0.25) is 0 Å². The Balaban J connectivity index is 2.07. The lowest BCUT2D eigenvalue weighted by Gasteiger charge is -2.43. The number of hydrogen-bond acceptors (Lipinski definition) is 3. The maximum atomic E-state index is 13.8. The summed E-state index contributed by atoms with van der Waals surface area (Å²) in [5, 5.41) is 0. The van der Waals surface area contributed by atoms with Crippen molar-refractivity contribution in [1.82, 2.24) is 4.90 Å². The van der Waals surface area contributed by atoms with Crippen LogP contribution >= 0.6 is 0 Å². The number of nitrogens with zero attached hydrogens (tertiary/aromatic N) is 2. The fourth-order valence-electron chi connectivity index (χ4n) is 2.67. The third kappa shape index (κ3) is 4.10. The van der Waals surface area contributed by atoms with Crippen molar-refractivity contribution in [3.63, 3.8) is 0 Å². The van der Waals surface area contributed by atoms with Crippen molar-refractivity contribution in [2.45, 2.75) is 46.3 Å². The van der Waals surface area contributed by atoms with Crippen LogP contribution < -0.4 is 9.64 Å². The minimum Gasteiger partial charge on any atom is -0.488 e. The van der Waals surface area contributed by atoms with Gasteiger partial charge in [0, 0.05) is 43.5 Å². The van der Waals surface area contributed by atoms with Gasteiger partial charge in [0.2, 0.25) is 0 Å². The van der Waals surface area contributed by atoms with E-state index in [2.05, 4.69) is 30.6 Å². The quantitative estimate of drug-likeness (QED) is 0.848. The first-order valence-corrected chi connectivity index (χ1v) is 7.73. The third-order valence-corrected chi connectivity index (χ3v) is 3.87. The standard InChI is InChI=1S/C17H27FN2O/c1-13(2)21-16-12-14(6-7-15(16)18)19-8-10-20(11-9-19)17(3,4)5/h6-7,12-13H,8-11H2,1-5H3. The monoisotopic (exact) mass is 294 g/mol. The van der Waals surface area contributed by atoms with Crippen LogP contribution in [0.4, 0.5) is 10.1 Å². The van der Waals surface area contributed by atoms with Crippen molar-refractivity contribution in [3.05, 3.63) is 24.0 Å². The van der Waals surface area contributed by atoms with Crippen molar-refractivity contribution < 1.29 is 9.13 Å². The summed E-state index contributed by atoms with van der Waals surface area (Å²) in [6, 6.07) is 5.17. The van der Waals surface area contributed by atoms with Crippen LogP contribution in [-0.4, -0.2) is 42.7 Å². The Morgan fingerprint density at radius 1 is 1.10 bits per heavy atom. The minimum atomic E-state index is -0.291. The van der Waals surface area contributed by atoms with Crippen molar-refractivity contribution >= 4 is 5.69 Å². The second-order valence-electron chi connectivity index (χ2n) is 6.93. The SMILES string of the molecule is CC(C)Oc1cc(N2CCN(C(C)(C)C)CC2)ccc1F. The number of ether oxygens (including phenoxy) is 1. The molecule has 1 heterocycles. The Labute approximate surface area is 127 Å². The summed E-state index contributed by atoms with van der Waals surface area (Å²) in [6.45, 7) is 14.5. The van der Waals surface area contributed by atoms with E-state index in [1.165, 1.54) is 6.07 Å². The van der Waals surface area contributed by atoms with Crippen LogP contribution in [0.15, 0.2) is 18.2 Å². The van der Waals surface area contributed by atoms with E-state index >= 15 is 0 Å². The van der Waals surface area contributed by atoms with Crippen molar-refractivity contribution in [1.29, 1.82) is 0 Å². The molecule has 0 bridgehead atoms. The highest BCUT2D eigenvalue weighted by Gasteiger charge is 2.26. The molecule has 1 aliphatic rings. The average Bonchev–Trinajstić information content (AvgIpc) is 2.40. The molecule has 118 valence electrons. The van der Waals surface area contributed by atoms with E-state index in [0.717, 1.165) is 31.9 Å². The molecule has 0 aliphatic carbocycles. The highest BCUT2D eigenvalue weighted by atomic mass is 19.1. The zero-order valence-electron chi connectivity index (χ0n) is 13.8. The van der Waals surface area contributed by atoms with Crippen molar-refractivity contribution in [2.75, 3.05) is 31.1 Å². The summed E-state index contributed by atoms with van der Waals surface area (Å²) in [4.78, 5) is 4.79. The van der Waals surface area contributed by atoms with Crippen LogP contribution in [0, 0.1) is 5.82 Å². The highest BCUT2D eigenvalue weighted by Crippen LogP contribution is 2.27.